The molecule has 1 atom stereocenters. The number of carbonyl (C=O) groups is 5. The minimum Gasteiger partial charge on any atom is -0.372 e. The van der Waals surface area contributed by atoms with Gasteiger partial charge in [-0.2, -0.15) is 5.26 Å². The number of nitrogens with one attached hydrogen (secondary N) is 2. The summed E-state index contributed by atoms with van der Waals surface area (Å²) in [4.78, 5) is 72.0. The van der Waals surface area contributed by atoms with Crippen LogP contribution in [-0.2, 0) is 29.2 Å². The predicted octanol–water partition coefficient (Wildman–Crippen LogP) is 4.77. The number of carbonyl (C=O) groups excluding carboxylic acids is 5. The number of halogens is 1. The fourth-order valence-electron chi connectivity index (χ4n) is 9.02. The van der Waals surface area contributed by atoms with Crippen LogP contribution in [0.25, 0.3) is 0 Å². The summed E-state index contributed by atoms with van der Waals surface area (Å²) in [6.45, 7) is 4.14. The second-order valence-corrected chi connectivity index (χ2v) is 16.0. The Morgan fingerprint density at radius 3 is 2.15 bits per heavy atom. The van der Waals surface area contributed by atoms with Gasteiger partial charge in [0.25, 0.3) is 17.7 Å². The van der Waals surface area contributed by atoms with Crippen molar-refractivity contribution in [2.45, 2.75) is 95.2 Å². The van der Waals surface area contributed by atoms with Crippen LogP contribution in [0.15, 0.2) is 54.6 Å². The summed E-state index contributed by atoms with van der Waals surface area (Å²) in [6, 6.07) is 19.2. The summed E-state index contributed by atoms with van der Waals surface area (Å²) in [7, 11) is 2.06. The standard InChI is InChI=1S/C42H44ClN7O5/c1-47(33-9-6-27(21-44)36(43)20-33)31-10-7-30(8-11-31)45-39(52)26-4-2-25(3-5-26)22-48-16-14-32(15-17-48)49-23-28-18-34-35(19-29(28)24-49)42(55)50(41(34)54)37-12-13-38(51)46-40(37)53/h2-6,9,18-20,30-32,37H,7-8,10-17,22-24H2,1H3,(H,45,52)(H,46,51,53)/t30?,31?,37-/m1/s1. The van der Waals surface area contributed by atoms with E-state index >= 15 is 0 Å². The Kier molecular flexibility index (Phi) is 10.2. The third-order valence-electron chi connectivity index (χ3n) is 12.3. The van der Waals surface area contributed by atoms with Crippen molar-refractivity contribution in [2.24, 2.45) is 0 Å². The topological polar surface area (TPSA) is 146 Å². The Bertz CT molecular complexity index is 2050. The smallest absolute Gasteiger partial charge is 0.262 e. The van der Waals surface area contributed by atoms with E-state index in [1.165, 1.54) is 5.56 Å². The van der Waals surface area contributed by atoms with Crippen molar-refractivity contribution < 1.29 is 24.0 Å². The Labute approximate surface area is 325 Å². The van der Waals surface area contributed by atoms with E-state index in [9.17, 15) is 29.2 Å². The van der Waals surface area contributed by atoms with Gasteiger partial charge in [-0.1, -0.05) is 23.7 Å². The molecule has 5 amide bonds. The first-order chi connectivity index (χ1) is 26.6. The summed E-state index contributed by atoms with van der Waals surface area (Å²) < 4.78 is 0. The molecule has 2 saturated heterocycles. The number of amides is 5. The second kappa shape index (κ2) is 15.2. The number of hydrogen-bond acceptors (Lipinski definition) is 9. The molecule has 1 saturated carbocycles. The van der Waals surface area contributed by atoms with Crippen LogP contribution in [0.3, 0.4) is 0 Å². The number of benzene rings is 3. The molecule has 1 aliphatic carbocycles. The monoisotopic (exact) mass is 761 g/mol. The third-order valence-corrected chi connectivity index (χ3v) is 12.6. The molecule has 4 aliphatic heterocycles. The van der Waals surface area contributed by atoms with E-state index < -0.39 is 23.8 Å². The van der Waals surface area contributed by atoms with Crippen LogP contribution in [0.2, 0.25) is 5.02 Å². The van der Waals surface area contributed by atoms with Crippen molar-refractivity contribution >= 4 is 46.8 Å². The van der Waals surface area contributed by atoms with E-state index in [4.69, 9.17) is 11.6 Å². The Balaban J connectivity index is 0.784. The Morgan fingerprint density at radius 1 is 0.891 bits per heavy atom. The summed E-state index contributed by atoms with van der Waals surface area (Å²) in [5.41, 5.74) is 6.07. The highest BCUT2D eigenvalue weighted by atomic mass is 35.5. The maximum atomic E-state index is 13.3. The minimum atomic E-state index is -0.960. The average Bonchev–Trinajstić information content (AvgIpc) is 3.71. The Morgan fingerprint density at radius 2 is 1.55 bits per heavy atom. The van der Waals surface area contributed by atoms with E-state index in [0.29, 0.717) is 52.4 Å². The van der Waals surface area contributed by atoms with Gasteiger partial charge in [-0.15, -0.1) is 0 Å². The first-order valence-electron chi connectivity index (χ1n) is 19.2. The van der Waals surface area contributed by atoms with Gasteiger partial charge in [0, 0.05) is 62.5 Å². The van der Waals surface area contributed by atoms with Gasteiger partial charge in [0.05, 0.1) is 21.7 Å². The number of nitriles is 1. The molecule has 0 spiro atoms. The highest BCUT2D eigenvalue weighted by molar-refractivity contribution is 6.32. The molecule has 5 aliphatic rings. The number of anilines is 1. The van der Waals surface area contributed by atoms with Gasteiger partial charge in [-0.05, 0) is 117 Å². The molecule has 3 aromatic rings. The number of hydrogen-bond donors (Lipinski definition) is 2. The van der Waals surface area contributed by atoms with Crippen molar-refractivity contribution in [1.29, 1.82) is 5.26 Å². The maximum Gasteiger partial charge on any atom is 0.262 e. The van der Waals surface area contributed by atoms with Crippen LogP contribution < -0.4 is 15.5 Å². The lowest BCUT2D eigenvalue weighted by Gasteiger charge is -2.36. The minimum absolute atomic E-state index is 0.0414. The molecule has 0 unspecified atom stereocenters. The number of nitrogens with zero attached hydrogens (tertiary/aromatic N) is 5. The number of likely N-dealkylation sites (tertiary alicyclic amines) is 1. The van der Waals surface area contributed by atoms with Gasteiger partial charge in [0.2, 0.25) is 11.8 Å². The fraction of sp³-hybridized carbons (Fsp3) is 0.429. The molecule has 13 heteroatoms. The average molecular weight is 762 g/mol. The van der Waals surface area contributed by atoms with Gasteiger partial charge in [0.1, 0.15) is 12.1 Å². The van der Waals surface area contributed by atoms with Gasteiger partial charge in [0.15, 0.2) is 0 Å². The van der Waals surface area contributed by atoms with Gasteiger partial charge < -0.3 is 10.2 Å². The van der Waals surface area contributed by atoms with Crippen molar-refractivity contribution in [3.8, 4) is 6.07 Å². The molecule has 3 aromatic carbocycles. The zero-order chi connectivity index (χ0) is 38.4. The molecule has 3 fully saturated rings. The molecule has 0 radical (unpaired) electrons. The predicted molar refractivity (Wildman–Crippen MR) is 205 cm³/mol. The molecular weight excluding hydrogens is 718 g/mol. The molecule has 284 valence electrons. The molecular formula is C42H44ClN7O5. The number of piperidine rings is 2. The summed E-state index contributed by atoms with van der Waals surface area (Å²) in [5.74, 6) is -1.96. The molecule has 0 aromatic heterocycles. The first kappa shape index (κ1) is 36.9. The SMILES string of the molecule is CN(c1ccc(C#N)c(Cl)c1)C1CCC(NC(=O)c2ccc(CN3CCC(N4Cc5cc6c(cc5C4)C(=O)N([C@@H]4CCC(=O)NC4=O)C6=O)CC3)cc2)CC1. The second-order valence-electron chi connectivity index (χ2n) is 15.6. The lowest BCUT2D eigenvalue weighted by atomic mass is 9.90. The normalized spacial score (nSPS) is 23.3. The van der Waals surface area contributed by atoms with Crippen LogP contribution in [-0.4, -0.2) is 88.5 Å². The first-order valence-corrected chi connectivity index (χ1v) is 19.6. The number of rotatable bonds is 8. The van der Waals surface area contributed by atoms with Gasteiger partial charge in [-0.25, -0.2) is 0 Å². The molecule has 55 heavy (non-hydrogen) atoms. The van der Waals surface area contributed by atoms with Crippen LogP contribution in [0.4, 0.5) is 5.69 Å². The van der Waals surface area contributed by atoms with Crippen molar-refractivity contribution in [3.63, 3.8) is 0 Å². The largest absolute Gasteiger partial charge is 0.372 e. The summed E-state index contributed by atoms with van der Waals surface area (Å²) >= 11 is 6.26. The maximum absolute atomic E-state index is 13.3. The molecule has 0 bridgehead atoms. The zero-order valence-corrected chi connectivity index (χ0v) is 31.6. The van der Waals surface area contributed by atoms with E-state index in [0.717, 1.165) is 79.9 Å². The van der Waals surface area contributed by atoms with E-state index in [1.807, 2.05) is 36.4 Å². The quantitative estimate of drug-likeness (QED) is 0.310. The highest BCUT2D eigenvalue weighted by Crippen LogP contribution is 2.36. The third kappa shape index (κ3) is 7.36. The van der Waals surface area contributed by atoms with Crippen LogP contribution in [0.1, 0.15) is 105 Å². The molecule has 4 heterocycles. The van der Waals surface area contributed by atoms with Crippen molar-refractivity contribution in [2.75, 3.05) is 25.0 Å². The number of fused-ring (bicyclic) bond motifs is 2. The van der Waals surface area contributed by atoms with Crippen LogP contribution in [0.5, 0.6) is 0 Å². The van der Waals surface area contributed by atoms with E-state index in [2.05, 4.69) is 50.6 Å². The van der Waals surface area contributed by atoms with Crippen molar-refractivity contribution in [3.05, 3.63) is 98.6 Å². The summed E-state index contributed by atoms with van der Waals surface area (Å²) in [5, 5.41) is 15.1. The van der Waals surface area contributed by atoms with Crippen LogP contribution >= 0.6 is 11.6 Å². The fourth-order valence-corrected chi connectivity index (χ4v) is 9.23. The van der Waals surface area contributed by atoms with Crippen molar-refractivity contribution in [1.82, 2.24) is 25.3 Å². The van der Waals surface area contributed by atoms with Gasteiger partial charge in [-0.3, -0.25) is 44.0 Å². The van der Waals surface area contributed by atoms with Crippen LogP contribution in [0, 0.1) is 11.3 Å². The molecule has 8 rings (SSSR count). The van der Waals surface area contributed by atoms with E-state index in [1.54, 1.807) is 6.07 Å². The lowest BCUT2D eigenvalue weighted by Crippen LogP contribution is -2.54. The van der Waals surface area contributed by atoms with Gasteiger partial charge >= 0.3 is 0 Å². The Hall–Kier alpha value is -5.09. The molecule has 2 N–H and O–H groups in total. The van der Waals surface area contributed by atoms with E-state index in [-0.39, 0.29) is 30.7 Å². The number of imide groups is 2. The zero-order valence-electron chi connectivity index (χ0n) is 30.9. The summed E-state index contributed by atoms with van der Waals surface area (Å²) in [6.07, 6.45) is 5.97. The lowest BCUT2D eigenvalue weighted by molar-refractivity contribution is -0.136. The molecule has 12 nitrogen and oxygen atoms in total. The highest BCUT2D eigenvalue weighted by Gasteiger charge is 2.45.